The van der Waals surface area contributed by atoms with Gasteiger partial charge in [-0.15, -0.1) is 0 Å². The first-order chi connectivity index (χ1) is 9.79. The summed E-state index contributed by atoms with van der Waals surface area (Å²) in [5.41, 5.74) is 0. The van der Waals surface area contributed by atoms with Crippen molar-refractivity contribution in [1.82, 2.24) is 15.5 Å². The molecule has 2 atom stereocenters. The number of piperazine rings is 1. The lowest BCUT2D eigenvalue weighted by atomic mass is 10.0. The third-order valence-corrected chi connectivity index (χ3v) is 3.50. The van der Waals surface area contributed by atoms with E-state index in [4.69, 9.17) is 5.11 Å². The molecule has 1 heterocycles. The quantitative estimate of drug-likeness (QED) is 0.605. The highest BCUT2D eigenvalue weighted by atomic mass is 16.4. The summed E-state index contributed by atoms with van der Waals surface area (Å²) in [7, 11) is 0. The molecule has 120 valence electrons. The molecule has 1 rings (SSSR count). The minimum absolute atomic E-state index is 0.0321. The van der Waals surface area contributed by atoms with Crippen molar-refractivity contribution in [2.45, 2.75) is 45.7 Å². The van der Waals surface area contributed by atoms with Crippen LogP contribution in [-0.4, -0.2) is 59.5 Å². The molecular formula is C14H25N3O4. The number of aliphatic carboxylic acids is 1. The van der Waals surface area contributed by atoms with E-state index in [0.717, 1.165) is 12.8 Å². The van der Waals surface area contributed by atoms with E-state index < -0.39 is 12.0 Å². The van der Waals surface area contributed by atoms with E-state index in [1.54, 1.807) is 0 Å². The molecule has 0 radical (unpaired) electrons. The number of carbonyl (C=O) groups excluding carboxylic acids is 2. The molecule has 2 unspecified atom stereocenters. The van der Waals surface area contributed by atoms with Crippen LogP contribution < -0.4 is 10.6 Å². The normalized spacial score (nSPS) is 21.0. The zero-order valence-corrected chi connectivity index (χ0v) is 12.9. The Hall–Kier alpha value is -1.63. The van der Waals surface area contributed by atoms with Gasteiger partial charge in [-0.2, -0.15) is 0 Å². The fourth-order valence-electron chi connectivity index (χ4n) is 2.26. The molecule has 21 heavy (non-hydrogen) atoms. The van der Waals surface area contributed by atoms with Gasteiger partial charge in [0.2, 0.25) is 11.8 Å². The number of carboxylic acids is 1. The van der Waals surface area contributed by atoms with Crippen molar-refractivity contribution in [1.29, 1.82) is 0 Å². The molecular weight excluding hydrogens is 274 g/mol. The van der Waals surface area contributed by atoms with Crippen LogP contribution in [0.3, 0.4) is 0 Å². The van der Waals surface area contributed by atoms with Gasteiger partial charge in [0.15, 0.2) is 0 Å². The van der Waals surface area contributed by atoms with E-state index >= 15 is 0 Å². The van der Waals surface area contributed by atoms with E-state index in [2.05, 4.69) is 24.5 Å². The molecule has 0 aromatic rings. The highest BCUT2D eigenvalue weighted by Gasteiger charge is 2.33. The Labute approximate surface area is 125 Å². The Kier molecular flexibility index (Phi) is 6.61. The van der Waals surface area contributed by atoms with Crippen LogP contribution in [0.2, 0.25) is 0 Å². The lowest BCUT2D eigenvalue weighted by Crippen LogP contribution is -2.59. The second-order valence-corrected chi connectivity index (χ2v) is 6.00. The molecule has 3 N–H and O–H groups in total. The molecule has 0 spiro atoms. The maximum Gasteiger partial charge on any atom is 0.322 e. The number of hydrogen-bond acceptors (Lipinski definition) is 4. The number of nitrogens with zero attached hydrogens (tertiary/aromatic N) is 1. The number of nitrogens with one attached hydrogen (secondary N) is 2. The largest absolute Gasteiger partial charge is 0.480 e. The molecule has 0 aromatic carbocycles. The Balaban J connectivity index is 2.47. The average Bonchev–Trinajstić information content (AvgIpc) is 2.35. The topological polar surface area (TPSA) is 98.7 Å². The van der Waals surface area contributed by atoms with E-state index in [9.17, 15) is 14.4 Å². The Morgan fingerprint density at radius 3 is 2.62 bits per heavy atom. The van der Waals surface area contributed by atoms with Gasteiger partial charge in [0, 0.05) is 12.6 Å². The first-order valence-electron chi connectivity index (χ1n) is 7.32. The maximum absolute atomic E-state index is 12.0. The van der Waals surface area contributed by atoms with Crippen LogP contribution in [0, 0.1) is 5.92 Å². The van der Waals surface area contributed by atoms with Gasteiger partial charge >= 0.3 is 5.97 Å². The molecule has 2 amide bonds. The Bertz CT molecular complexity index is 398. The smallest absolute Gasteiger partial charge is 0.322 e. The van der Waals surface area contributed by atoms with Crippen molar-refractivity contribution in [3.63, 3.8) is 0 Å². The molecule has 0 bridgehead atoms. The number of carboxylic acid groups (broad SMARTS) is 1. The molecule has 0 aromatic heterocycles. The van der Waals surface area contributed by atoms with Crippen LogP contribution in [0.1, 0.15) is 33.6 Å². The molecule has 0 saturated carbocycles. The van der Waals surface area contributed by atoms with E-state index in [-0.39, 0.29) is 37.5 Å². The van der Waals surface area contributed by atoms with Gasteiger partial charge in [-0.05, 0) is 25.7 Å². The van der Waals surface area contributed by atoms with Crippen LogP contribution in [0.4, 0.5) is 0 Å². The predicted molar refractivity (Wildman–Crippen MR) is 77.7 cm³/mol. The van der Waals surface area contributed by atoms with Crippen molar-refractivity contribution in [3.05, 3.63) is 0 Å². The highest BCUT2D eigenvalue weighted by molar-refractivity contribution is 5.85. The Morgan fingerprint density at radius 2 is 2.05 bits per heavy atom. The summed E-state index contributed by atoms with van der Waals surface area (Å²) in [6.07, 6.45) is 1.90. The molecule has 1 fully saturated rings. The van der Waals surface area contributed by atoms with Crippen molar-refractivity contribution < 1.29 is 19.5 Å². The number of amides is 2. The standard InChI is InChI=1S/C14H25N3O4/c1-9(2)4-5-10(3)16-13(19)8-17-7-12(18)15-6-11(17)14(20)21/h9-11H,4-8H2,1-3H3,(H,15,18)(H,16,19)(H,20,21). The minimum Gasteiger partial charge on any atom is -0.480 e. The second kappa shape index (κ2) is 7.97. The summed E-state index contributed by atoms with van der Waals surface area (Å²) in [5, 5.41) is 14.5. The van der Waals surface area contributed by atoms with Gasteiger partial charge in [-0.3, -0.25) is 19.3 Å². The van der Waals surface area contributed by atoms with Crippen LogP contribution in [0.25, 0.3) is 0 Å². The van der Waals surface area contributed by atoms with Crippen molar-refractivity contribution in [2.75, 3.05) is 19.6 Å². The minimum atomic E-state index is -1.03. The lowest BCUT2D eigenvalue weighted by Gasteiger charge is -2.32. The maximum atomic E-state index is 12.0. The molecule has 1 aliphatic rings. The molecule has 7 nitrogen and oxygen atoms in total. The van der Waals surface area contributed by atoms with Crippen LogP contribution >= 0.6 is 0 Å². The molecule has 1 aliphatic heterocycles. The van der Waals surface area contributed by atoms with Gasteiger partial charge < -0.3 is 15.7 Å². The van der Waals surface area contributed by atoms with E-state index in [0.29, 0.717) is 5.92 Å². The third kappa shape index (κ3) is 6.12. The monoisotopic (exact) mass is 299 g/mol. The van der Waals surface area contributed by atoms with Gasteiger partial charge in [-0.25, -0.2) is 0 Å². The second-order valence-electron chi connectivity index (χ2n) is 6.00. The lowest BCUT2D eigenvalue weighted by molar-refractivity contribution is -0.146. The summed E-state index contributed by atoms with van der Waals surface area (Å²) in [5.74, 6) is -0.956. The van der Waals surface area contributed by atoms with Crippen molar-refractivity contribution in [3.8, 4) is 0 Å². The summed E-state index contributed by atoms with van der Waals surface area (Å²) in [4.78, 5) is 35.8. The fraction of sp³-hybridized carbons (Fsp3) is 0.786. The van der Waals surface area contributed by atoms with Gasteiger partial charge in [-0.1, -0.05) is 13.8 Å². The molecule has 7 heteroatoms. The first kappa shape index (κ1) is 17.4. The van der Waals surface area contributed by atoms with Crippen LogP contribution in [0.5, 0.6) is 0 Å². The molecule has 1 saturated heterocycles. The third-order valence-electron chi connectivity index (χ3n) is 3.50. The van der Waals surface area contributed by atoms with Crippen molar-refractivity contribution in [2.24, 2.45) is 5.92 Å². The average molecular weight is 299 g/mol. The summed E-state index contributed by atoms with van der Waals surface area (Å²) >= 11 is 0. The summed E-state index contributed by atoms with van der Waals surface area (Å²) in [6, 6.07) is -0.804. The number of carbonyl (C=O) groups is 3. The summed E-state index contributed by atoms with van der Waals surface area (Å²) < 4.78 is 0. The van der Waals surface area contributed by atoms with Crippen molar-refractivity contribution >= 4 is 17.8 Å². The van der Waals surface area contributed by atoms with E-state index in [1.807, 2.05) is 6.92 Å². The Morgan fingerprint density at radius 1 is 1.38 bits per heavy atom. The highest BCUT2D eigenvalue weighted by Crippen LogP contribution is 2.07. The van der Waals surface area contributed by atoms with Crippen LogP contribution in [-0.2, 0) is 14.4 Å². The predicted octanol–water partition coefficient (Wildman–Crippen LogP) is -0.188. The van der Waals surface area contributed by atoms with Gasteiger partial charge in [0.25, 0.3) is 0 Å². The SMILES string of the molecule is CC(C)CCC(C)NC(=O)CN1CC(=O)NCC1C(=O)O. The summed E-state index contributed by atoms with van der Waals surface area (Å²) in [6.45, 7) is 6.07. The number of rotatable bonds is 7. The first-order valence-corrected chi connectivity index (χ1v) is 7.32. The number of hydrogen-bond donors (Lipinski definition) is 3. The van der Waals surface area contributed by atoms with Crippen LogP contribution in [0.15, 0.2) is 0 Å². The molecule has 0 aliphatic carbocycles. The van der Waals surface area contributed by atoms with E-state index in [1.165, 1.54) is 4.90 Å². The van der Waals surface area contributed by atoms with Gasteiger partial charge in [0.05, 0.1) is 13.1 Å². The zero-order chi connectivity index (χ0) is 16.0. The fourth-order valence-corrected chi connectivity index (χ4v) is 2.26. The zero-order valence-electron chi connectivity index (χ0n) is 12.9. The van der Waals surface area contributed by atoms with Gasteiger partial charge in [0.1, 0.15) is 6.04 Å².